The van der Waals surface area contributed by atoms with Crippen molar-refractivity contribution in [2.45, 2.75) is 37.3 Å². The van der Waals surface area contributed by atoms with Gasteiger partial charge in [0.05, 0.1) is 0 Å². The summed E-state index contributed by atoms with van der Waals surface area (Å²) < 4.78 is 0. The Morgan fingerprint density at radius 3 is 2.14 bits per heavy atom. The molecule has 0 radical (unpaired) electrons. The molecule has 2 aromatic rings. The molecule has 2 heterocycles. The van der Waals surface area contributed by atoms with Crippen molar-refractivity contribution in [3.05, 3.63) is 71.8 Å². The molecule has 2 saturated heterocycles. The van der Waals surface area contributed by atoms with E-state index in [2.05, 4.69) is 29.4 Å². The fraction of sp³-hybridized carbons (Fsp3) is 0.417. The molecule has 2 aromatic carbocycles. The number of nitrogens with one attached hydrogen (secondary N) is 1. The number of carbonyl (C=O) groups excluding carboxylic acids is 2. The van der Waals surface area contributed by atoms with Crippen molar-refractivity contribution in [1.29, 1.82) is 0 Å². The van der Waals surface area contributed by atoms with Crippen LogP contribution in [0, 0.1) is 0 Å². The molecule has 5 heteroatoms. The molecule has 1 unspecified atom stereocenters. The Balaban J connectivity index is 1.58. The largest absolute Gasteiger partial charge is 0.342 e. The molecule has 4 rings (SSSR count). The Labute approximate surface area is 172 Å². The van der Waals surface area contributed by atoms with Crippen LogP contribution >= 0.6 is 0 Å². The molecule has 0 aliphatic carbocycles. The highest BCUT2D eigenvalue weighted by Gasteiger charge is 2.52. The summed E-state index contributed by atoms with van der Waals surface area (Å²) in [6, 6.07) is 19.6. The smallest absolute Gasteiger partial charge is 0.246 e. The zero-order valence-corrected chi connectivity index (χ0v) is 17.0. The molecular formula is C24H29N3O2. The number of likely N-dealkylation sites (tertiary alicyclic amines) is 1. The van der Waals surface area contributed by atoms with E-state index in [4.69, 9.17) is 0 Å². The number of rotatable bonds is 5. The fourth-order valence-electron chi connectivity index (χ4n) is 4.56. The highest BCUT2D eigenvalue weighted by molar-refractivity contribution is 6.00. The van der Waals surface area contributed by atoms with Crippen molar-refractivity contribution in [3.8, 4) is 0 Å². The second-order valence-corrected chi connectivity index (χ2v) is 8.28. The van der Waals surface area contributed by atoms with Gasteiger partial charge in [0.1, 0.15) is 11.6 Å². The van der Waals surface area contributed by atoms with Gasteiger partial charge < -0.3 is 15.1 Å². The lowest BCUT2D eigenvalue weighted by atomic mass is 9.81. The van der Waals surface area contributed by atoms with Gasteiger partial charge in [-0.1, -0.05) is 60.7 Å². The predicted octanol–water partition coefficient (Wildman–Crippen LogP) is 2.26. The van der Waals surface area contributed by atoms with Crippen LogP contribution in [0.2, 0.25) is 0 Å². The number of benzene rings is 2. The number of piperidine rings is 1. The minimum absolute atomic E-state index is 0.0131. The van der Waals surface area contributed by atoms with Gasteiger partial charge in [-0.3, -0.25) is 9.59 Å². The average Bonchev–Trinajstić information content (AvgIpc) is 2.75. The van der Waals surface area contributed by atoms with Gasteiger partial charge in [-0.15, -0.1) is 0 Å². The summed E-state index contributed by atoms with van der Waals surface area (Å²) in [4.78, 5) is 31.0. The number of nitrogens with zero attached hydrogens (tertiary/aromatic N) is 2. The van der Waals surface area contributed by atoms with E-state index in [1.54, 1.807) is 0 Å². The number of carbonyl (C=O) groups is 2. The first-order chi connectivity index (χ1) is 14.1. The van der Waals surface area contributed by atoms with Crippen molar-refractivity contribution in [3.63, 3.8) is 0 Å². The molecule has 0 aromatic heterocycles. The normalized spacial score (nSPS) is 22.0. The summed E-state index contributed by atoms with van der Waals surface area (Å²) in [5.74, 6) is 0.0631. The molecular weight excluding hydrogens is 362 g/mol. The number of piperazine rings is 1. The maximum Gasteiger partial charge on any atom is 0.246 e. The maximum atomic E-state index is 13.5. The van der Waals surface area contributed by atoms with Crippen LogP contribution in [-0.4, -0.2) is 59.9 Å². The van der Waals surface area contributed by atoms with E-state index in [-0.39, 0.29) is 11.8 Å². The van der Waals surface area contributed by atoms with Gasteiger partial charge in [0.25, 0.3) is 0 Å². The summed E-state index contributed by atoms with van der Waals surface area (Å²) >= 11 is 0. The minimum atomic E-state index is -0.717. The van der Waals surface area contributed by atoms with Gasteiger partial charge in [0.2, 0.25) is 11.8 Å². The van der Waals surface area contributed by atoms with E-state index in [1.807, 2.05) is 53.4 Å². The van der Waals surface area contributed by atoms with E-state index in [9.17, 15) is 9.59 Å². The van der Waals surface area contributed by atoms with Crippen molar-refractivity contribution >= 4 is 11.8 Å². The zero-order valence-electron chi connectivity index (χ0n) is 17.0. The van der Waals surface area contributed by atoms with Crippen LogP contribution in [0.4, 0.5) is 0 Å². The van der Waals surface area contributed by atoms with Gasteiger partial charge >= 0.3 is 0 Å². The first kappa shape index (κ1) is 19.6. The van der Waals surface area contributed by atoms with Gasteiger partial charge in [-0.25, -0.2) is 0 Å². The standard InChI is InChI=1S/C24H29N3O2/c1-26-16-13-24(14-17-26)23(29)25-21(18-20-10-6-3-7-11-20)22(28)27(24)15-12-19-8-4-2-5-9-19/h2-11,21H,12-18H2,1H3,(H,25,29). The van der Waals surface area contributed by atoms with Gasteiger partial charge in [-0.2, -0.15) is 0 Å². The molecule has 1 atom stereocenters. The molecule has 0 saturated carbocycles. The first-order valence-electron chi connectivity index (χ1n) is 10.5. The molecule has 1 N–H and O–H groups in total. The third-order valence-electron chi connectivity index (χ3n) is 6.37. The highest BCUT2D eigenvalue weighted by Crippen LogP contribution is 2.33. The minimum Gasteiger partial charge on any atom is -0.342 e. The van der Waals surface area contributed by atoms with Crippen molar-refractivity contribution in [1.82, 2.24) is 15.1 Å². The zero-order chi connectivity index (χ0) is 20.3. The fourth-order valence-corrected chi connectivity index (χ4v) is 4.56. The third-order valence-corrected chi connectivity index (χ3v) is 6.37. The van der Waals surface area contributed by atoms with E-state index in [0.717, 1.165) is 25.1 Å². The lowest BCUT2D eigenvalue weighted by molar-refractivity contribution is -0.160. The Morgan fingerprint density at radius 1 is 0.931 bits per heavy atom. The molecule has 2 fully saturated rings. The summed E-state index contributed by atoms with van der Waals surface area (Å²) in [6.07, 6.45) is 2.67. The molecule has 2 aliphatic heterocycles. The van der Waals surface area contributed by atoms with Gasteiger partial charge in [0, 0.05) is 26.1 Å². The predicted molar refractivity (Wildman–Crippen MR) is 113 cm³/mol. The Kier molecular flexibility index (Phi) is 5.67. The van der Waals surface area contributed by atoms with Crippen LogP contribution in [-0.2, 0) is 22.4 Å². The van der Waals surface area contributed by atoms with E-state index >= 15 is 0 Å². The van der Waals surface area contributed by atoms with Gasteiger partial charge in [0.15, 0.2) is 0 Å². The Bertz CT molecular complexity index is 845. The summed E-state index contributed by atoms with van der Waals surface area (Å²) in [6.45, 7) is 2.23. The second kappa shape index (κ2) is 8.37. The number of amides is 2. The Morgan fingerprint density at radius 2 is 1.52 bits per heavy atom. The van der Waals surface area contributed by atoms with Crippen molar-refractivity contribution in [2.24, 2.45) is 0 Å². The summed E-state index contributed by atoms with van der Waals surface area (Å²) in [7, 11) is 2.07. The summed E-state index contributed by atoms with van der Waals surface area (Å²) in [5.41, 5.74) is 1.54. The topological polar surface area (TPSA) is 52.7 Å². The molecule has 152 valence electrons. The number of hydrogen-bond acceptors (Lipinski definition) is 3. The molecule has 0 bridgehead atoms. The highest BCUT2D eigenvalue weighted by atomic mass is 16.2. The van der Waals surface area contributed by atoms with E-state index in [0.29, 0.717) is 25.8 Å². The van der Waals surface area contributed by atoms with Crippen LogP contribution in [0.3, 0.4) is 0 Å². The molecule has 29 heavy (non-hydrogen) atoms. The lowest BCUT2D eigenvalue weighted by Crippen LogP contribution is -2.73. The number of hydrogen-bond donors (Lipinski definition) is 1. The third kappa shape index (κ3) is 4.06. The first-order valence-corrected chi connectivity index (χ1v) is 10.5. The molecule has 2 aliphatic rings. The van der Waals surface area contributed by atoms with E-state index < -0.39 is 11.6 Å². The van der Waals surface area contributed by atoms with Crippen molar-refractivity contribution in [2.75, 3.05) is 26.7 Å². The van der Waals surface area contributed by atoms with Gasteiger partial charge in [-0.05, 0) is 37.4 Å². The van der Waals surface area contributed by atoms with Crippen LogP contribution in [0.5, 0.6) is 0 Å². The van der Waals surface area contributed by atoms with Crippen LogP contribution < -0.4 is 5.32 Å². The Hall–Kier alpha value is -2.66. The monoisotopic (exact) mass is 391 g/mol. The molecule has 1 spiro atoms. The SMILES string of the molecule is CN1CCC2(CC1)C(=O)NC(Cc1ccccc1)C(=O)N2CCc1ccccc1. The van der Waals surface area contributed by atoms with Crippen molar-refractivity contribution < 1.29 is 9.59 Å². The quantitative estimate of drug-likeness (QED) is 0.851. The molecule has 2 amide bonds. The average molecular weight is 392 g/mol. The van der Waals surface area contributed by atoms with E-state index in [1.165, 1.54) is 5.56 Å². The maximum absolute atomic E-state index is 13.5. The lowest BCUT2D eigenvalue weighted by Gasteiger charge is -2.51. The molecule has 5 nitrogen and oxygen atoms in total. The second-order valence-electron chi connectivity index (χ2n) is 8.28. The summed E-state index contributed by atoms with van der Waals surface area (Å²) in [5, 5.41) is 3.07. The van der Waals surface area contributed by atoms with Crippen LogP contribution in [0.15, 0.2) is 60.7 Å². The van der Waals surface area contributed by atoms with Crippen LogP contribution in [0.25, 0.3) is 0 Å². The van der Waals surface area contributed by atoms with Crippen LogP contribution in [0.1, 0.15) is 24.0 Å².